The number of anilines is 7. The highest BCUT2D eigenvalue weighted by atomic mass is 19.2. The number of hydrogen-bond acceptors (Lipinski definition) is 25. The number of nitrogens with two attached hydrogens (primary N) is 2. The second-order valence-electron chi connectivity index (χ2n) is 42.5. The molecule has 0 radical (unpaired) electrons. The Morgan fingerprint density at radius 1 is 0.457 bits per heavy atom. The number of carbonyl (C=O) groups excluding carboxylic acids is 8. The fourth-order valence-corrected chi connectivity index (χ4v) is 27.4. The summed E-state index contributed by atoms with van der Waals surface area (Å²) in [5, 5.41) is 94.9. The number of aliphatic hydroxyl groups excluding tert-OH is 7. The van der Waals surface area contributed by atoms with E-state index in [1.54, 1.807) is 62.4 Å². The molecule has 29 atom stereocenters. The lowest BCUT2D eigenvalue weighted by molar-refractivity contribution is -0.235. The summed E-state index contributed by atoms with van der Waals surface area (Å²) in [7, 11) is 0. The molecule has 15 N–H and O–H groups in total. The van der Waals surface area contributed by atoms with Gasteiger partial charge in [-0.25, -0.2) is 31.1 Å². The van der Waals surface area contributed by atoms with Crippen LogP contribution in [0.2, 0.25) is 0 Å². The van der Waals surface area contributed by atoms with E-state index in [-0.39, 0.29) is 74.5 Å². The van der Waals surface area contributed by atoms with Crippen molar-refractivity contribution in [2.75, 3.05) is 47.2 Å². The molecule has 14 aliphatic rings. The van der Waals surface area contributed by atoms with Gasteiger partial charge in [0.25, 0.3) is 0 Å². The molecular weight excluding hydrogens is 1820 g/mol. The van der Waals surface area contributed by atoms with Crippen molar-refractivity contribution >= 4 is 86.9 Å². The van der Waals surface area contributed by atoms with Crippen LogP contribution in [0.15, 0.2) is 217 Å². The normalized spacial score (nSPS) is 39.4. The first-order chi connectivity index (χ1) is 66.0. The zero-order chi connectivity index (χ0) is 101. The maximum atomic E-state index is 17.5. The molecule has 26 nitrogen and oxygen atoms in total. The van der Waals surface area contributed by atoms with E-state index in [1.165, 1.54) is 58.1 Å². The highest BCUT2D eigenvalue weighted by Gasteiger charge is 2.84. The number of halogens is 6. The molecule has 0 spiro atoms. The van der Waals surface area contributed by atoms with Gasteiger partial charge in [0.1, 0.15) is 50.2 Å². The fraction of sp³-hybridized carbons (Fsp3) is 0.481. The van der Waals surface area contributed by atoms with Gasteiger partial charge in [-0.3, -0.25) is 38.9 Å². The van der Waals surface area contributed by atoms with E-state index in [1.807, 2.05) is 118 Å². The van der Waals surface area contributed by atoms with Crippen LogP contribution in [0.3, 0.4) is 0 Å². The van der Waals surface area contributed by atoms with Gasteiger partial charge in [0.2, 0.25) is 0 Å². The summed E-state index contributed by atoms with van der Waals surface area (Å²) in [6.45, 7) is 12.3. The van der Waals surface area contributed by atoms with Crippen molar-refractivity contribution in [2.45, 2.75) is 234 Å². The molecule has 0 unspecified atom stereocenters. The first-order valence-corrected chi connectivity index (χ1v) is 47.4. The van der Waals surface area contributed by atoms with Gasteiger partial charge in [-0.15, -0.1) is 0 Å². The molecule has 9 saturated carbocycles. The van der Waals surface area contributed by atoms with Gasteiger partial charge >= 0.3 is 6.09 Å². The van der Waals surface area contributed by atoms with Crippen molar-refractivity contribution in [3.05, 3.63) is 245 Å². The molecule has 2 aliphatic heterocycles. The van der Waals surface area contributed by atoms with E-state index in [2.05, 4.69) is 16.0 Å². The lowest BCUT2D eigenvalue weighted by atomic mass is 9.44. The Bertz CT molecular complexity index is 5900. The second kappa shape index (κ2) is 36.2. The number of ketones is 6. The predicted molar refractivity (Wildman–Crippen MR) is 504 cm³/mol. The molecule has 11 fully saturated rings. The van der Waals surface area contributed by atoms with Gasteiger partial charge in [0, 0.05) is 107 Å². The van der Waals surface area contributed by atoms with Crippen LogP contribution in [0.4, 0.5) is 70.9 Å². The van der Waals surface area contributed by atoms with Gasteiger partial charge in [0.15, 0.2) is 81.1 Å². The molecule has 6 aromatic carbocycles. The third kappa shape index (κ3) is 15.6. The van der Waals surface area contributed by atoms with Crippen molar-refractivity contribution in [2.24, 2.45) is 68.0 Å². The van der Waals surface area contributed by atoms with Crippen molar-refractivity contribution in [1.29, 1.82) is 0 Å². The molecular formula is C108H119F6N5O21. The average molecular weight is 1940 g/mol. The highest BCUT2D eigenvalue weighted by molar-refractivity contribution is 6.03. The lowest BCUT2D eigenvalue weighted by Crippen LogP contribution is -2.70. The average Bonchev–Trinajstić information content (AvgIpc) is 1.49. The van der Waals surface area contributed by atoms with E-state index in [4.69, 9.17) is 35.2 Å². The SMILES string of the molecule is CC(C)(C)OC(=O)Nc1cccc(Cc2ccc(C=O)cc2)c1.C[C@]12C=CC(=O)C=C1[C@@H](F)C[C@H]1[C@@H]3C[C@@H](O)[C@](O)(C(=O)CO)[C@@]3(C)C[C@H](O)[C@@]12F.C[C@]12C=CC(=O)C=C1[C@@H](F)C[C@H]1[C@@H]3C[C@H]4O[C@@H](c5ccc(Nc6cccc(N)c6)cc5)O[C@@]4(C(=O)CO)[C@@]3(C)C[C@H](O)[C@@]12F.C[C@]12C=CC(=O)C=C1[C@@H](F)C[C@H]1[C@@H]3C[C@H]4O[C@H](c5ccc(Nc6cccc(N)c6)cc5)O[C@@]4(C(=O)CO)[C@@]3(C)C[C@H](O)[C@@]12F. The van der Waals surface area contributed by atoms with Crippen molar-refractivity contribution < 1.29 is 129 Å². The summed E-state index contributed by atoms with van der Waals surface area (Å²) in [6, 6.07) is 44.3. The van der Waals surface area contributed by atoms with Crippen LogP contribution in [-0.4, -0.2) is 202 Å². The largest absolute Gasteiger partial charge is 0.444 e. The van der Waals surface area contributed by atoms with E-state index >= 15 is 26.3 Å². The molecule has 1 amide bonds. The van der Waals surface area contributed by atoms with Crippen LogP contribution in [0.5, 0.6) is 0 Å². The molecule has 32 heteroatoms. The van der Waals surface area contributed by atoms with Gasteiger partial charge in [-0.05, 0) is 261 Å². The number of fused-ring (bicyclic) bond motifs is 19. The van der Waals surface area contributed by atoms with Crippen molar-refractivity contribution in [3.63, 3.8) is 0 Å². The standard InChI is InChI=1S/2C34H36F2N2O6.C21H26F2O6.C19H21NO3/c2*1-31-11-10-22(40)13-25(31)26(35)14-24-23-15-29-34(28(42)17-39,32(23,2)16-27(41)33(24,31)36)44-30(43-29)18-6-8-20(9-7-18)38-21-5-3-4-19(37)12-21;1-18-4-3-10(25)5-13(18)14(22)6-12-11-7-15(26)21(29,17(28)9-24)19(11,2)8-16(27)20(12,18)23;1-19(2,3)23-18(22)20-17-6-4-5-16(12-17)11-14-7-9-15(13-21)10-8-14/h2*3-13,23-24,26-27,29-30,38-39,41H,14-17,37H2,1-2H3;3-5,11-12,14-16,24,26-27,29H,6-9H2,1-2H3;4-10,12-13H,11H2,1-3H3,(H,20,22)/t23-,24-,26-,27-,29+,30+,31-,32-,33-,34+;23-,24-,26-,27-,29+,30-,31-,32-,33-,34+;11-,12-,14-,15+,16-,18-,19-,20-,21-;/m000./s1. The number of ether oxygens (including phenoxy) is 5. The number of allylic oxidation sites excluding steroid dienone is 12. The highest BCUT2D eigenvalue weighted by Crippen LogP contribution is 2.77. The fourth-order valence-electron chi connectivity index (χ4n) is 27.4. The van der Waals surface area contributed by atoms with Crippen molar-refractivity contribution in [1.82, 2.24) is 0 Å². The zero-order valence-corrected chi connectivity index (χ0v) is 78.9. The molecule has 6 aromatic rings. The van der Waals surface area contributed by atoms with E-state index in [0.717, 1.165) is 70.9 Å². The minimum atomic E-state index is -2.37. The minimum Gasteiger partial charge on any atom is -0.444 e. The molecule has 140 heavy (non-hydrogen) atoms. The third-order valence-electron chi connectivity index (χ3n) is 34.1. The molecule has 12 aliphatic carbocycles. The molecule has 2 heterocycles. The molecule has 0 aromatic heterocycles. The number of carbonyl (C=O) groups is 8. The third-order valence-corrected chi connectivity index (χ3v) is 34.1. The van der Waals surface area contributed by atoms with Crippen LogP contribution in [0.25, 0.3) is 0 Å². The Morgan fingerprint density at radius 2 is 0.829 bits per heavy atom. The zero-order valence-electron chi connectivity index (χ0n) is 78.9. The van der Waals surface area contributed by atoms with Gasteiger partial charge < -0.3 is 86.6 Å². The Labute approximate surface area is 805 Å². The monoisotopic (exact) mass is 1940 g/mol. The number of benzene rings is 6. The van der Waals surface area contributed by atoms with Gasteiger partial charge in [-0.1, -0.05) is 112 Å². The molecule has 0 bridgehead atoms. The Balaban J connectivity index is 0.000000133. The Hall–Kier alpha value is -11.0. The summed E-state index contributed by atoms with van der Waals surface area (Å²) in [5.74, 6) is -8.64. The Morgan fingerprint density at radius 3 is 1.20 bits per heavy atom. The summed E-state index contributed by atoms with van der Waals surface area (Å²) in [4.78, 5) is 98.2. The van der Waals surface area contributed by atoms with Crippen LogP contribution in [0.1, 0.15) is 165 Å². The minimum absolute atomic E-state index is 0.0216. The maximum Gasteiger partial charge on any atom is 0.412 e. The number of nitrogens with one attached hydrogen (secondary N) is 3. The summed E-state index contributed by atoms with van der Waals surface area (Å²) < 4.78 is 130. The van der Waals surface area contributed by atoms with Crippen molar-refractivity contribution in [3.8, 4) is 0 Å². The number of nitrogen functional groups attached to an aromatic ring is 2. The lowest BCUT2D eigenvalue weighted by Gasteiger charge is -2.63. The summed E-state index contributed by atoms with van der Waals surface area (Å²) in [5.41, 5.74) is -0.573. The first-order valence-electron chi connectivity index (χ1n) is 47.4. The smallest absolute Gasteiger partial charge is 0.412 e. The Kier molecular flexibility index (Phi) is 26.0. The van der Waals surface area contributed by atoms with Crippen LogP contribution in [0, 0.1) is 68.0 Å². The number of hydrogen-bond donors (Lipinski definition) is 13. The summed E-state index contributed by atoms with van der Waals surface area (Å²) in [6.07, 6.45) is -4.12. The number of Topliss-reactive ketones (excluding diaryl/α,β-unsaturated/α-hetero) is 3. The molecule has 2 saturated heterocycles. The number of rotatable bonds is 16. The van der Waals surface area contributed by atoms with E-state index in [0.29, 0.717) is 33.8 Å². The van der Waals surface area contributed by atoms with Gasteiger partial charge in [-0.2, -0.15) is 0 Å². The quantitative estimate of drug-likeness (QED) is 0.0243. The van der Waals surface area contributed by atoms with E-state index < -0.39 is 236 Å². The second-order valence-corrected chi connectivity index (χ2v) is 42.5. The number of aliphatic hydroxyl groups is 8. The van der Waals surface area contributed by atoms with E-state index in [9.17, 15) is 79.2 Å². The van der Waals surface area contributed by atoms with Crippen LogP contribution >= 0.6 is 0 Å². The number of aldehydes is 1. The first kappa shape index (κ1) is 101. The molecule has 744 valence electrons. The number of alkyl halides is 6. The number of amides is 1. The summed E-state index contributed by atoms with van der Waals surface area (Å²) >= 11 is 0. The topological polar surface area (TPSA) is 433 Å². The van der Waals surface area contributed by atoms with Gasteiger partial charge in [0.05, 0.1) is 36.6 Å². The maximum absolute atomic E-state index is 17.5. The molecule has 20 rings (SSSR count). The van der Waals surface area contributed by atoms with Crippen LogP contribution in [-0.2, 0) is 58.9 Å². The van der Waals surface area contributed by atoms with Crippen LogP contribution < -0.4 is 27.4 Å². The predicted octanol–water partition coefficient (Wildman–Crippen LogP) is 14.3.